The second-order valence-corrected chi connectivity index (χ2v) is 9.65. The first-order valence-corrected chi connectivity index (χ1v) is 11.0. The fourth-order valence-electron chi connectivity index (χ4n) is 3.40. The smallest absolute Gasteiger partial charge is 0.303 e. The van der Waals surface area contributed by atoms with E-state index in [0.717, 1.165) is 5.56 Å². The molecule has 30 heavy (non-hydrogen) atoms. The fraction of sp³-hybridized carbons (Fsp3) is 0.400. The Kier molecular flexibility index (Phi) is 6.30. The Bertz CT molecular complexity index is 1240. The highest BCUT2D eigenvalue weighted by Gasteiger charge is 2.22. The number of nitrogens with zero attached hydrogens (tertiary/aromatic N) is 2. The van der Waals surface area contributed by atoms with Crippen LogP contribution in [0.25, 0.3) is 21.8 Å². The maximum Gasteiger partial charge on any atom is 0.303 e. The maximum absolute atomic E-state index is 13.0. The number of likely N-dealkylation sites (N-methyl/N-ethyl adjacent to an activating group) is 2. The molecule has 162 valence electrons. The van der Waals surface area contributed by atoms with Crippen molar-refractivity contribution in [1.82, 2.24) is 19.2 Å². The van der Waals surface area contributed by atoms with Crippen LogP contribution < -0.4 is 5.56 Å². The van der Waals surface area contributed by atoms with Gasteiger partial charge in [0, 0.05) is 49.0 Å². The van der Waals surface area contributed by atoms with Gasteiger partial charge in [0.15, 0.2) is 0 Å². The van der Waals surface area contributed by atoms with Crippen molar-refractivity contribution in [2.45, 2.75) is 24.2 Å². The largest absolute Gasteiger partial charge is 0.481 e. The van der Waals surface area contributed by atoms with Crippen LogP contribution in [0.4, 0.5) is 0 Å². The first kappa shape index (κ1) is 22.0. The Morgan fingerprint density at radius 3 is 2.57 bits per heavy atom. The first-order valence-electron chi connectivity index (χ1n) is 9.60. The highest BCUT2D eigenvalue weighted by Crippen LogP contribution is 2.28. The Hall–Kier alpha value is -2.69. The van der Waals surface area contributed by atoms with Crippen LogP contribution in [0.15, 0.2) is 34.1 Å². The molecule has 0 amide bonds. The van der Waals surface area contributed by atoms with E-state index in [1.807, 2.05) is 19.0 Å². The molecule has 0 saturated carbocycles. The molecular weight excluding hydrogens is 408 g/mol. The van der Waals surface area contributed by atoms with Crippen LogP contribution in [0, 0.1) is 0 Å². The number of hydrogen-bond acceptors (Lipinski definition) is 5. The second-order valence-electron chi connectivity index (χ2n) is 7.60. The molecule has 0 saturated heterocycles. The van der Waals surface area contributed by atoms with Crippen LogP contribution in [0.2, 0.25) is 0 Å². The summed E-state index contributed by atoms with van der Waals surface area (Å²) in [6.45, 7) is 0.936. The SMILES string of the molecule is CN(C)CCN(C)S(=O)(=O)c1ccc2[nH]c(=O)c3[nH]cc(CCCC(=O)O)c3c2c1. The number of carboxylic acid groups (broad SMARTS) is 1. The Balaban J connectivity index is 2.09. The summed E-state index contributed by atoms with van der Waals surface area (Å²) >= 11 is 0. The summed E-state index contributed by atoms with van der Waals surface area (Å²) in [6.07, 6.45) is 2.59. The molecule has 0 bridgehead atoms. The van der Waals surface area contributed by atoms with E-state index >= 15 is 0 Å². The second kappa shape index (κ2) is 8.58. The zero-order chi connectivity index (χ0) is 22.1. The molecule has 0 unspecified atom stereocenters. The quantitative estimate of drug-likeness (QED) is 0.470. The van der Waals surface area contributed by atoms with Crippen LogP contribution in [0.5, 0.6) is 0 Å². The van der Waals surface area contributed by atoms with E-state index in [2.05, 4.69) is 9.97 Å². The van der Waals surface area contributed by atoms with Gasteiger partial charge in [-0.1, -0.05) is 0 Å². The molecule has 0 fully saturated rings. The first-order chi connectivity index (χ1) is 14.1. The third kappa shape index (κ3) is 4.40. The molecule has 0 aliphatic rings. The van der Waals surface area contributed by atoms with Crippen LogP contribution >= 0.6 is 0 Å². The van der Waals surface area contributed by atoms with Crippen molar-refractivity contribution < 1.29 is 18.3 Å². The fourth-order valence-corrected chi connectivity index (χ4v) is 4.59. The van der Waals surface area contributed by atoms with Gasteiger partial charge in [-0.3, -0.25) is 9.59 Å². The number of carboxylic acids is 1. The molecular formula is C20H26N4O5S. The van der Waals surface area contributed by atoms with Crippen LogP contribution in [0.1, 0.15) is 18.4 Å². The minimum Gasteiger partial charge on any atom is -0.481 e. The molecule has 2 heterocycles. The van der Waals surface area contributed by atoms with Crippen LogP contribution in [-0.4, -0.2) is 72.9 Å². The Morgan fingerprint density at radius 1 is 1.17 bits per heavy atom. The molecule has 0 radical (unpaired) electrons. The van der Waals surface area contributed by atoms with Crippen molar-refractivity contribution in [3.63, 3.8) is 0 Å². The van der Waals surface area contributed by atoms with E-state index in [-0.39, 0.29) is 16.9 Å². The average molecular weight is 435 g/mol. The molecule has 0 aliphatic carbocycles. The van der Waals surface area contributed by atoms with E-state index in [0.29, 0.717) is 47.7 Å². The minimum absolute atomic E-state index is 0.0180. The van der Waals surface area contributed by atoms with Gasteiger partial charge in [0.25, 0.3) is 5.56 Å². The van der Waals surface area contributed by atoms with Crippen molar-refractivity contribution in [2.75, 3.05) is 34.2 Å². The Labute approximate surface area is 174 Å². The van der Waals surface area contributed by atoms with Gasteiger partial charge in [0.1, 0.15) is 5.52 Å². The van der Waals surface area contributed by atoms with E-state index in [9.17, 15) is 18.0 Å². The molecule has 0 spiro atoms. The molecule has 0 atom stereocenters. The molecule has 0 aliphatic heterocycles. The summed E-state index contributed by atoms with van der Waals surface area (Å²) in [5.74, 6) is -0.883. The summed E-state index contributed by atoms with van der Waals surface area (Å²) in [7, 11) is 1.59. The van der Waals surface area contributed by atoms with Crippen molar-refractivity contribution in [2.24, 2.45) is 0 Å². The van der Waals surface area contributed by atoms with Gasteiger partial charge in [-0.25, -0.2) is 8.42 Å². The van der Waals surface area contributed by atoms with Gasteiger partial charge >= 0.3 is 5.97 Å². The molecule has 9 nitrogen and oxygen atoms in total. The number of sulfonamides is 1. The van der Waals surface area contributed by atoms with Gasteiger partial charge < -0.3 is 20.0 Å². The molecule has 10 heteroatoms. The highest BCUT2D eigenvalue weighted by atomic mass is 32.2. The standard InChI is InChI=1S/C20H26N4O5S/c1-23(2)9-10-24(3)30(28,29)14-7-8-16-15(11-14)18-13(5-4-6-17(25)26)12-21-19(18)20(27)22-16/h7-8,11-12,21H,4-6,9-10H2,1-3H3,(H,22,27)(H,25,26). The van der Waals surface area contributed by atoms with Crippen LogP contribution in [0.3, 0.4) is 0 Å². The van der Waals surface area contributed by atoms with E-state index < -0.39 is 16.0 Å². The number of fused-ring (bicyclic) bond motifs is 3. The van der Waals surface area contributed by atoms with Crippen LogP contribution in [-0.2, 0) is 21.2 Å². The summed E-state index contributed by atoms with van der Waals surface area (Å²) in [6, 6.07) is 4.66. The Morgan fingerprint density at radius 2 is 1.90 bits per heavy atom. The van der Waals surface area contributed by atoms with Crippen molar-refractivity contribution >= 4 is 37.8 Å². The van der Waals surface area contributed by atoms with Crippen molar-refractivity contribution in [1.29, 1.82) is 0 Å². The summed E-state index contributed by atoms with van der Waals surface area (Å²) in [4.78, 5) is 31.0. The molecule has 1 aromatic carbocycles. The number of aromatic amines is 2. The number of nitrogens with one attached hydrogen (secondary N) is 2. The van der Waals surface area contributed by atoms with E-state index in [1.165, 1.54) is 10.4 Å². The number of pyridine rings is 1. The molecule has 2 aromatic heterocycles. The summed E-state index contributed by atoms with van der Waals surface area (Å²) in [5, 5.41) is 10.1. The molecule has 3 rings (SSSR count). The molecule has 3 N–H and O–H groups in total. The summed E-state index contributed by atoms with van der Waals surface area (Å²) in [5.41, 5.74) is 1.36. The lowest BCUT2D eigenvalue weighted by Gasteiger charge is -2.19. The lowest BCUT2D eigenvalue weighted by molar-refractivity contribution is -0.137. The zero-order valence-electron chi connectivity index (χ0n) is 17.2. The normalized spacial score (nSPS) is 12.4. The predicted molar refractivity (Wildman–Crippen MR) is 115 cm³/mol. The van der Waals surface area contributed by atoms with Gasteiger partial charge in [0.05, 0.1) is 4.90 Å². The third-order valence-corrected chi connectivity index (χ3v) is 6.96. The lowest BCUT2D eigenvalue weighted by Crippen LogP contribution is -2.33. The lowest BCUT2D eigenvalue weighted by atomic mass is 10.0. The molecule has 3 aromatic rings. The van der Waals surface area contributed by atoms with Gasteiger partial charge in [-0.2, -0.15) is 4.31 Å². The topological polar surface area (TPSA) is 127 Å². The number of H-pyrrole nitrogens is 2. The monoisotopic (exact) mass is 434 g/mol. The number of hydrogen-bond donors (Lipinski definition) is 3. The summed E-state index contributed by atoms with van der Waals surface area (Å²) < 4.78 is 27.4. The third-order valence-electron chi connectivity index (χ3n) is 5.10. The number of carbonyl (C=O) groups is 1. The van der Waals surface area contributed by atoms with Gasteiger partial charge in [0.2, 0.25) is 10.0 Å². The van der Waals surface area contributed by atoms with Crippen molar-refractivity contribution in [3.05, 3.63) is 40.3 Å². The average Bonchev–Trinajstić information content (AvgIpc) is 3.10. The minimum atomic E-state index is -3.70. The van der Waals surface area contributed by atoms with Gasteiger partial charge in [-0.15, -0.1) is 0 Å². The highest BCUT2D eigenvalue weighted by molar-refractivity contribution is 7.89. The number of aryl methyl sites for hydroxylation is 1. The zero-order valence-corrected chi connectivity index (χ0v) is 18.0. The van der Waals surface area contributed by atoms with Gasteiger partial charge in [-0.05, 0) is 50.7 Å². The maximum atomic E-state index is 13.0. The number of aromatic nitrogens is 2. The number of aliphatic carboxylic acids is 1. The van der Waals surface area contributed by atoms with E-state index in [1.54, 1.807) is 25.4 Å². The predicted octanol–water partition coefficient (Wildman–Crippen LogP) is 1.60. The van der Waals surface area contributed by atoms with Crippen molar-refractivity contribution in [3.8, 4) is 0 Å². The number of benzene rings is 1. The number of rotatable bonds is 9. The van der Waals surface area contributed by atoms with E-state index in [4.69, 9.17) is 5.11 Å².